The lowest BCUT2D eigenvalue weighted by Crippen LogP contribution is -2.38. The Hall–Kier alpha value is -3.42. The molecule has 1 aromatic heterocycles. The second kappa shape index (κ2) is 7.90. The summed E-state index contributed by atoms with van der Waals surface area (Å²) in [6, 6.07) is 13.5. The second-order valence-electron chi connectivity index (χ2n) is 7.85. The van der Waals surface area contributed by atoms with Crippen LogP contribution in [0.4, 0.5) is 11.5 Å². The third-order valence-corrected chi connectivity index (χ3v) is 4.33. The SMILES string of the molecule is Cn1nc(N[C@@H](Cc2ccccc2)C(=O)OC(C)(C)C)c2ccc([N+](=O)[O-])cc21. The maximum Gasteiger partial charge on any atom is 0.329 e. The van der Waals surface area contributed by atoms with Crippen LogP contribution in [-0.4, -0.2) is 32.3 Å². The summed E-state index contributed by atoms with van der Waals surface area (Å²) in [6.45, 7) is 5.46. The van der Waals surface area contributed by atoms with Gasteiger partial charge in [-0.1, -0.05) is 30.3 Å². The lowest BCUT2D eigenvalue weighted by molar-refractivity contribution is -0.384. The molecule has 0 saturated carbocycles. The average molecular weight is 396 g/mol. The molecule has 1 atom stereocenters. The molecule has 0 aliphatic heterocycles. The maximum absolute atomic E-state index is 12.8. The highest BCUT2D eigenvalue weighted by Gasteiger charge is 2.27. The first-order valence-corrected chi connectivity index (χ1v) is 9.28. The molecule has 0 unspecified atom stereocenters. The number of nitrogens with one attached hydrogen (secondary N) is 1. The fraction of sp³-hybridized carbons (Fsp3) is 0.333. The molecule has 1 N–H and O–H groups in total. The van der Waals surface area contributed by atoms with E-state index in [0.717, 1.165) is 5.56 Å². The molecule has 0 aliphatic rings. The Morgan fingerprint density at radius 3 is 2.55 bits per heavy atom. The summed E-state index contributed by atoms with van der Waals surface area (Å²) in [5.74, 6) is 0.0891. The number of anilines is 1. The Balaban J connectivity index is 1.94. The van der Waals surface area contributed by atoms with Crippen LogP contribution < -0.4 is 5.32 Å². The number of aromatic nitrogens is 2. The molecule has 0 spiro atoms. The molecular weight excluding hydrogens is 372 g/mol. The lowest BCUT2D eigenvalue weighted by atomic mass is 10.1. The summed E-state index contributed by atoms with van der Waals surface area (Å²) in [5, 5.41) is 19.4. The van der Waals surface area contributed by atoms with Crippen molar-refractivity contribution in [1.29, 1.82) is 0 Å². The Morgan fingerprint density at radius 1 is 1.24 bits per heavy atom. The number of nitro groups is 1. The number of carbonyl (C=O) groups excluding carboxylic acids is 1. The van der Waals surface area contributed by atoms with Crippen molar-refractivity contribution in [3.8, 4) is 0 Å². The van der Waals surface area contributed by atoms with Gasteiger partial charge >= 0.3 is 5.97 Å². The number of non-ortho nitro benzene ring substituents is 1. The molecule has 0 aliphatic carbocycles. The molecule has 8 nitrogen and oxygen atoms in total. The van der Waals surface area contributed by atoms with Crippen LogP contribution in [-0.2, 0) is 23.0 Å². The molecule has 0 amide bonds. The molecule has 152 valence electrons. The first-order chi connectivity index (χ1) is 13.6. The predicted molar refractivity (Wildman–Crippen MR) is 111 cm³/mol. The summed E-state index contributed by atoms with van der Waals surface area (Å²) >= 11 is 0. The van der Waals surface area contributed by atoms with Crippen molar-refractivity contribution in [2.24, 2.45) is 7.05 Å². The zero-order valence-corrected chi connectivity index (χ0v) is 16.9. The zero-order chi connectivity index (χ0) is 21.2. The van der Waals surface area contributed by atoms with Gasteiger partial charge in [-0.25, -0.2) is 4.79 Å². The molecule has 0 fully saturated rings. The summed E-state index contributed by atoms with van der Waals surface area (Å²) in [7, 11) is 1.71. The largest absolute Gasteiger partial charge is 0.458 e. The van der Waals surface area contributed by atoms with Crippen LogP contribution in [0.3, 0.4) is 0 Å². The number of nitrogens with zero attached hydrogens (tertiary/aromatic N) is 3. The number of rotatable bonds is 6. The monoisotopic (exact) mass is 396 g/mol. The van der Waals surface area contributed by atoms with E-state index in [1.54, 1.807) is 17.8 Å². The van der Waals surface area contributed by atoms with Crippen LogP contribution in [0.25, 0.3) is 10.9 Å². The summed E-state index contributed by atoms with van der Waals surface area (Å²) in [5.41, 5.74) is 0.941. The van der Waals surface area contributed by atoms with Crippen molar-refractivity contribution < 1.29 is 14.5 Å². The van der Waals surface area contributed by atoms with Crippen LogP contribution in [0, 0.1) is 10.1 Å². The maximum atomic E-state index is 12.8. The van der Waals surface area contributed by atoms with E-state index >= 15 is 0 Å². The number of ether oxygens (including phenoxy) is 1. The molecule has 2 aromatic carbocycles. The van der Waals surface area contributed by atoms with Crippen LogP contribution >= 0.6 is 0 Å². The normalized spacial score (nSPS) is 12.6. The minimum absolute atomic E-state index is 0.0139. The molecule has 3 rings (SSSR count). The van der Waals surface area contributed by atoms with Gasteiger partial charge in [0.15, 0.2) is 5.82 Å². The van der Waals surface area contributed by atoms with E-state index in [-0.39, 0.29) is 11.7 Å². The first kappa shape index (κ1) is 20.3. The van der Waals surface area contributed by atoms with Gasteiger partial charge in [0.2, 0.25) is 0 Å². The zero-order valence-electron chi connectivity index (χ0n) is 16.9. The van der Waals surface area contributed by atoms with Gasteiger partial charge in [-0.15, -0.1) is 0 Å². The molecule has 0 radical (unpaired) electrons. The highest BCUT2D eigenvalue weighted by atomic mass is 16.6. The molecule has 0 bridgehead atoms. The molecular formula is C21H24N4O4. The number of carbonyl (C=O) groups is 1. The van der Waals surface area contributed by atoms with E-state index in [0.29, 0.717) is 23.1 Å². The van der Waals surface area contributed by atoms with Crippen LogP contribution in [0.15, 0.2) is 48.5 Å². The number of benzene rings is 2. The fourth-order valence-corrected chi connectivity index (χ4v) is 3.05. The van der Waals surface area contributed by atoms with Crippen LogP contribution in [0.1, 0.15) is 26.3 Å². The Labute approximate surface area is 168 Å². The van der Waals surface area contributed by atoms with E-state index in [9.17, 15) is 14.9 Å². The van der Waals surface area contributed by atoms with E-state index in [1.165, 1.54) is 12.1 Å². The van der Waals surface area contributed by atoms with Gasteiger partial charge in [0, 0.05) is 31.0 Å². The van der Waals surface area contributed by atoms with Crippen molar-refractivity contribution in [1.82, 2.24) is 9.78 Å². The lowest BCUT2D eigenvalue weighted by Gasteiger charge is -2.24. The van der Waals surface area contributed by atoms with Gasteiger partial charge in [-0.3, -0.25) is 14.8 Å². The standard InChI is InChI=1S/C21H24N4O4/c1-21(2,3)29-20(26)17(12-14-8-6-5-7-9-14)22-19-16-11-10-15(25(27)28)13-18(16)24(4)23-19/h5-11,13,17H,12H2,1-4H3,(H,22,23)/t17-/m0/s1. The minimum atomic E-state index is -0.662. The third kappa shape index (κ3) is 4.90. The van der Waals surface area contributed by atoms with E-state index in [2.05, 4.69) is 10.4 Å². The van der Waals surface area contributed by atoms with E-state index in [1.807, 2.05) is 51.1 Å². The van der Waals surface area contributed by atoms with Gasteiger partial charge in [-0.2, -0.15) is 5.10 Å². The minimum Gasteiger partial charge on any atom is -0.458 e. The van der Waals surface area contributed by atoms with Crippen molar-refractivity contribution in [2.75, 3.05) is 5.32 Å². The van der Waals surface area contributed by atoms with Crippen molar-refractivity contribution in [3.63, 3.8) is 0 Å². The number of nitro benzene ring substituents is 1. The number of aryl methyl sites for hydroxylation is 1. The second-order valence-corrected chi connectivity index (χ2v) is 7.85. The van der Waals surface area contributed by atoms with Gasteiger partial charge in [0.1, 0.15) is 11.6 Å². The molecule has 8 heteroatoms. The van der Waals surface area contributed by atoms with E-state index < -0.39 is 16.6 Å². The molecule has 0 saturated heterocycles. The van der Waals surface area contributed by atoms with Gasteiger partial charge in [0.25, 0.3) is 5.69 Å². The highest BCUT2D eigenvalue weighted by molar-refractivity contribution is 5.93. The van der Waals surface area contributed by atoms with Gasteiger partial charge in [0.05, 0.1) is 10.4 Å². The topological polar surface area (TPSA) is 99.3 Å². The molecule has 3 aromatic rings. The Bertz CT molecular complexity index is 1040. The molecule has 1 heterocycles. The van der Waals surface area contributed by atoms with Crippen molar-refractivity contribution in [2.45, 2.75) is 38.8 Å². The Morgan fingerprint density at radius 2 is 1.93 bits per heavy atom. The van der Waals surface area contributed by atoms with Crippen molar-refractivity contribution >= 4 is 28.4 Å². The quantitative estimate of drug-likeness (QED) is 0.386. The Kier molecular flexibility index (Phi) is 5.54. The predicted octanol–water partition coefficient (Wildman–Crippen LogP) is 3.85. The highest BCUT2D eigenvalue weighted by Crippen LogP contribution is 2.27. The summed E-state index contributed by atoms with van der Waals surface area (Å²) in [4.78, 5) is 23.5. The number of fused-ring (bicyclic) bond motifs is 1. The summed E-state index contributed by atoms with van der Waals surface area (Å²) in [6.07, 6.45) is 0.417. The average Bonchev–Trinajstić information content (AvgIpc) is 2.96. The number of hydrogen-bond donors (Lipinski definition) is 1. The van der Waals surface area contributed by atoms with Crippen molar-refractivity contribution in [3.05, 3.63) is 64.2 Å². The van der Waals surface area contributed by atoms with Crippen LogP contribution in [0.5, 0.6) is 0 Å². The third-order valence-electron chi connectivity index (χ3n) is 4.33. The summed E-state index contributed by atoms with van der Waals surface area (Å²) < 4.78 is 7.14. The van der Waals surface area contributed by atoms with E-state index in [4.69, 9.17) is 4.74 Å². The van der Waals surface area contributed by atoms with Crippen LogP contribution in [0.2, 0.25) is 0 Å². The smallest absolute Gasteiger partial charge is 0.329 e. The first-order valence-electron chi connectivity index (χ1n) is 9.28. The van der Waals surface area contributed by atoms with Gasteiger partial charge < -0.3 is 10.1 Å². The fourth-order valence-electron chi connectivity index (χ4n) is 3.05. The molecule has 29 heavy (non-hydrogen) atoms. The number of hydrogen-bond acceptors (Lipinski definition) is 6. The van der Waals surface area contributed by atoms with Gasteiger partial charge in [-0.05, 0) is 32.4 Å². The number of esters is 1.